The monoisotopic (exact) mass is 590 g/mol. The first-order chi connectivity index (χ1) is 20.0. The lowest BCUT2D eigenvalue weighted by Gasteiger charge is -2.39. The molecule has 3 N–H and O–H groups in total. The Morgan fingerprint density at radius 3 is 2.15 bits per heavy atom. The highest BCUT2D eigenvalue weighted by Gasteiger charge is 2.26. The van der Waals surface area contributed by atoms with E-state index in [2.05, 4.69) is 30.7 Å². The van der Waals surface area contributed by atoms with Crippen LogP contribution in [0.1, 0.15) is 58.4 Å². The van der Waals surface area contributed by atoms with Crippen molar-refractivity contribution in [1.82, 2.24) is 15.2 Å². The molecule has 3 saturated heterocycles. The Morgan fingerprint density at radius 1 is 0.805 bits per heavy atom. The highest BCUT2D eigenvalue weighted by atomic mass is 35.5. The number of nitrogens with one attached hydrogen (secondary N) is 3. The molecule has 6 rings (SSSR count). The van der Waals surface area contributed by atoms with Crippen LogP contribution in [0.4, 0.5) is 17.2 Å². The molecule has 3 aliphatic heterocycles. The average molecular weight is 592 g/mol. The molecule has 1 aromatic heterocycles. The minimum Gasteiger partial charge on any atom is -0.386 e. The zero-order valence-corrected chi connectivity index (χ0v) is 24.2. The van der Waals surface area contributed by atoms with Gasteiger partial charge in [0.15, 0.2) is 0 Å². The fourth-order valence-electron chi connectivity index (χ4n) is 5.43. The molecule has 212 valence electrons. The smallest absolute Gasteiger partial charge is 0.259 e. The zero-order chi connectivity index (χ0) is 28.3. The molecule has 0 atom stereocenters. The van der Waals surface area contributed by atoms with Gasteiger partial charge in [-0.2, -0.15) is 0 Å². The van der Waals surface area contributed by atoms with Gasteiger partial charge >= 0.3 is 0 Å². The van der Waals surface area contributed by atoms with Gasteiger partial charge in [-0.25, -0.2) is 4.98 Å². The van der Waals surface area contributed by atoms with Crippen LogP contribution >= 0.6 is 23.2 Å². The van der Waals surface area contributed by atoms with Crippen molar-refractivity contribution < 1.29 is 9.59 Å². The zero-order valence-electron chi connectivity index (χ0n) is 22.7. The van der Waals surface area contributed by atoms with Gasteiger partial charge in [-0.05, 0) is 67.6 Å². The van der Waals surface area contributed by atoms with Gasteiger partial charge in [-0.3, -0.25) is 9.59 Å². The van der Waals surface area contributed by atoms with Crippen LogP contribution in [0.5, 0.6) is 0 Å². The molecule has 0 unspecified atom stereocenters. The molecule has 0 radical (unpaired) electrons. The average Bonchev–Trinajstić information content (AvgIpc) is 2.93. The summed E-state index contributed by atoms with van der Waals surface area (Å²) in [5.41, 5.74) is 5.53. The van der Waals surface area contributed by atoms with Crippen LogP contribution in [-0.2, 0) is 0 Å². The van der Waals surface area contributed by atoms with Gasteiger partial charge in [-0.15, -0.1) is 0 Å². The number of amides is 2. The number of nitrogens with zero attached hydrogens (tertiary/aromatic N) is 3. The Kier molecular flexibility index (Phi) is 8.03. The van der Waals surface area contributed by atoms with Gasteiger partial charge in [0.2, 0.25) is 0 Å². The molecule has 0 spiro atoms. The lowest BCUT2D eigenvalue weighted by atomic mass is 9.99. The molecule has 3 fully saturated rings. The number of anilines is 3. The number of carbonyl (C=O) groups excluding carboxylic acids is 2. The van der Waals surface area contributed by atoms with Crippen LogP contribution in [0, 0.1) is 0 Å². The second-order valence-electron chi connectivity index (χ2n) is 10.6. The Balaban J connectivity index is 1.30. The first-order valence-corrected chi connectivity index (χ1v) is 14.9. The summed E-state index contributed by atoms with van der Waals surface area (Å²) >= 11 is 12.5. The summed E-state index contributed by atoms with van der Waals surface area (Å²) in [4.78, 5) is 35.9. The Morgan fingerprint density at radius 2 is 1.54 bits per heavy atom. The molecule has 10 heteroatoms. The first-order valence-electron chi connectivity index (χ1n) is 14.1. The van der Waals surface area contributed by atoms with Gasteiger partial charge in [0, 0.05) is 61.6 Å². The van der Waals surface area contributed by atoms with E-state index in [0.29, 0.717) is 27.1 Å². The van der Waals surface area contributed by atoms with E-state index in [-0.39, 0.29) is 11.5 Å². The summed E-state index contributed by atoms with van der Waals surface area (Å²) in [6, 6.07) is 14.4. The van der Waals surface area contributed by atoms with E-state index in [1.807, 2.05) is 30.3 Å². The van der Waals surface area contributed by atoms with Crippen molar-refractivity contribution >= 4 is 57.9 Å². The topological polar surface area (TPSA) is 89.6 Å². The second kappa shape index (κ2) is 12.0. The normalized spacial score (nSPS) is 17.6. The predicted octanol–water partition coefficient (Wildman–Crippen LogP) is 6.25. The van der Waals surface area contributed by atoms with Gasteiger partial charge < -0.3 is 25.8 Å². The SMILES string of the molecule is O=C(Nc1c(C(=O)Nc2ccc(Cl)cn2)cc(Cl)cc1N1CCCCC1)c1ccc(C(=C2CCN2)N2CCC2)cc1. The van der Waals surface area contributed by atoms with E-state index in [1.54, 1.807) is 18.2 Å². The first kappa shape index (κ1) is 27.4. The maximum absolute atomic E-state index is 13.6. The molecule has 0 aliphatic carbocycles. The van der Waals surface area contributed by atoms with Gasteiger partial charge in [0.1, 0.15) is 5.82 Å². The molecule has 2 aromatic carbocycles. The quantitative estimate of drug-likeness (QED) is 0.301. The minimum atomic E-state index is -0.426. The summed E-state index contributed by atoms with van der Waals surface area (Å²) in [5.74, 6) is -0.374. The van der Waals surface area contributed by atoms with Crippen molar-refractivity contribution in [3.63, 3.8) is 0 Å². The lowest BCUT2D eigenvalue weighted by Crippen LogP contribution is -2.40. The van der Waals surface area contributed by atoms with Crippen LogP contribution in [0.15, 0.2) is 60.4 Å². The highest BCUT2D eigenvalue weighted by molar-refractivity contribution is 6.32. The van der Waals surface area contributed by atoms with Crippen molar-refractivity contribution in [3.05, 3.63) is 87.2 Å². The Hall–Kier alpha value is -3.75. The maximum atomic E-state index is 13.6. The predicted molar refractivity (Wildman–Crippen MR) is 165 cm³/mol. The number of likely N-dealkylation sites (tertiary alicyclic amines) is 1. The van der Waals surface area contributed by atoms with Gasteiger partial charge in [-0.1, -0.05) is 35.3 Å². The van der Waals surface area contributed by atoms with Crippen LogP contribution in [0.3, 0.4) is 0 Å². The Bertz CT molecular complexity index is 1470. The van der Waals surface area contributed by atoms with E-state index in [0.717, 1.165) is 69.7 Å². The second-order valence-corrected chi connectivity index (χ2v) is 11.5. The van der Waals surface area contributed by atoms with E-state index in [4.69, 9.17) is 23.2 Å². The molecular formula is C31H32Cl2N6O2. The number of rotatable bonds is 7. The summed E-state index contributed by atoms with van der Waals surface area (Å²) in [6.45, 7) is 4.74. The number of halogens is 2. The number of pyridine rings is 1. The van der Waals surface area contributed by atoms with Crippen molar-refractivity contribution in [2.45, 2.75) is 32.1 Å². The van der Waals surface area contributed by atoms with Crippen LogP contribution < -0.4 is 20.9 Å². The molecule has 2 amide bonds. The van der Waals surface area contributed by atoms with Crippen molar-refractivity contribution in [2.24, 2.45) is 0 Å². The number of hydrogen-bond donors (Lipinski definition) is 3. The molecule has 0 saturated carbocycles. The van der Waals surface area contributed by atoms with Crippen molar-refractivity contribution in [3.8, 4) is 0 Å². The molecule has 0 bridgehead atoms. The van der Waals surface area contributed by atoms with Crippen LogP contribution in [0.2, 0.25) is 10.0 Å². The Labute approximate surface area is 249 Å². The van der Waals surface area contributed by atoms with E-state index in [9.17, 15) is 9.59 Å². The fourth-order valence-corrected chi connectivity index (χ4v) is 5.75. The van der Waals surface area contributed by atoms with E-state index in [1.165, 1.54) is 24.0 Å². The summed E-state index contributed by atoms with van der Waals surface area (Å²) in [6.07, 6.45) is 6.90. The molecule has 8 nitrogen and oxygen atoms in total. The fraction of sp³-hybridized carbons (Fsp3) is 0.323. The summed E-state index contributed by atoms with van der Waals surface area (Å²) < 4.78 is 0. The largest absolute Gasteiger partial charge is 0.386 e. The standard InChI is InChI=1S/C31H32Cl2N6O2/c32-22-9-10-27(35-19-22)36-31(41)24-17-23(33)18-26(38-13-2-1-3-14-38)28(24)37-30(40)21-7-5-20(6-8-21)29(25-11-12-34-25)39-15-4-16-39/h5-10,17-19,34H,1-4,11-16H2,(H,37,40)(H,35,36,41). The molecular weight excluding hydrogens is 559 g/mol. The van der Waals surface area contributed by atoms with E-state index >= 15 is 0 Å². The number of benzene rings is 2. The van der Waals surface area contributed by atoms with Crippen molar-refractivity contribution in [1.29, 1.82) is 0 Å². The molecule has 41 heavy (non-hydrogen) atoms. The molecule has 4 heterocycles. The van der Waals surface area contributed by atoms with Gasteiger partial charge in [0.25, 0.3) is 11.8 Å². The van der Waals surface area contributed by atoms with Crippen molar-refractivity contribution in [2.75, 3.05) is 48.3 Å². The number of aromatic nitrogens is 1. The van der Waals surface area contributed by atoms with E-state index < -0.39 is 5.91 Å². The maximum Gasteiger partial charge on any atom is 0.259 e. The third kappa shape index (κ3) is 5.99. The van der Waals surface area contributed by atoms with Crippen LogP contribution in [0.25, 0.3) is 5.70 Å². The summed E-state index contributed by atoms with van der Waals surface area (Å²) in [5, 5.41) is 10.2. The molecule has 3 aromatic rings. The third-order valence-electron chi connectivity index (χ3n) is 7.82. The number of piperidine rings is 1. The number of hydrogen-bond acceptors (Lipinski definition) is 6. The van der Waals surface area contributed by atoms with Crippen LogP contribution in [-0.4, -0.2) is 54.4 Å². The van der Waals surface area contributed by atoms with Gasteiger partial charge in [0.05, 0.1) is 27.7 Å². The number of carbonyl (C=O) groups is 2. The third-order valence-corrected chi connectivity index (χ3v) is 8.27. The molecule has 3 aliphatic rings. The highest BCUT2D eigenvalue weighted by Crippen LogP contribution is 2.36. The minimum absolute atomic E-state index is 0.264. The summed E-state index contributed by atoms with van der Waals surface area (Å²) in [7, 11) is 0. The lowest BCUT2D eigenvalue weighted by molar-refractivity contribution is 0.102.